The summed E-state index contributed by atoms with van der Waals surface area (Å²) in [5, 5.41) is 8.77. The van der Waals surface area contributed by atoms with Crippen LogP contribution in [0.25, 0.3) is 11.0 Å². The quantitative estimate of drug-likeness (QED) is 0.196. The molecule has 1 aliphatic rings. The van der Waals surface area contributed by atoms with E-state index in [4.69, 9.17) is 4.42 Å². The number of aryl methyl sites for hydroxylation is 1. The van der Waals surface area contributed by atoms with E-state index in [1.165, 1.54) is 63.9 Å². The van der Waals surface area contributed by atoms with Crippen LogP contribution in [0.3, 0.4) is 0 Å². The number of hydrogen-bond donors (Lipinski definition) is 0. The summed E-state index contributed by atoms with van der Waals surface area (Å²) in [5.41, 5.74) is 2.41. The maximum Gasteiger partial charge on any atom is 0.297 e. The Morgan fingerprint density at radius 2 is 1.70 bits per heavy atom. The molecule has 0 fully saturated rings. The number of halogens is 2. The molecule has 0 saturated heterocycles. The van der Waals surface area contributed by atoms with E-state index < -0.39 is 29.0 Å². The van der Waals surface area contributed by atoms with E-state index in [1.54, 1.807) is 0 Å². The van der Waals surface area contributed by atoms with Gasteiger partial charge in [-0.2, -0.15) is 0 Å². The van der Waals surface area contributed by atoms with Crippen molar-refractivity contribution in [3.05, 3.63) is 117 Å². The molecule has 0 radical (unpaired) electrons. The van der Waals surface area contributed by atoms with Crippen LogP contribution in [0.2, 0.25) is 0 Å². The summed E-state index contributed by atoms with van der Waals surface area (Å²) in [6.45, 7) is 2.02. The lowest BCUT2D eigenvalue weighted by molar-refractivity contribution is 0.0970. The van der Waals surface area contributed by atoms with Gasteiger partial charge in [-0.25, -0.2) is 8.78 Å². The largest absolute Gasteiger partial charge is 0.450 e. The molecular formula is C27H17F2N3O3S2. The molecule has 37 heavy (non-hydrogen) atoms. The zero-order chi connectivity index (χ0) is 25.7. The molecule has 0 spiro atoms. The molecule has 3 heterocycles. The molecule has 0 unspecified atom stereocenters. The van der Waals surface area contributed by atoms with Crippen LogP contribution in [-0.4, -0.2) is 16.1 Å². The monoisotopic (exact) mass is 533 g/mol. The Bertz CT molecular complexity index is 1720. The molecular weight excluding hydrogens is 516 g/mol. The van der Waals surface area contributed by atoms with Crippen LogP contribution in [-0.2, 0) is 5.75 Å². The number of hydrogen-bond acceptors (Lipinski definition) is 7. The fraction of sp³-hybridized carbons (Fsp3) is 0.111. The minimum atomic E-state index is -0.935. The topological polar surface area (TPSA) is 76.3 Å². The summed E-state index contributed by atoms with van der Waals surface area (Å²) < 4.78 is 34.1. The van der Waals surface area contributed by atoms with Crippen LogP contribution < -0.4 is 10.3 Å². The Labute approximate surface area is 217 Å². The van der Waals surface area contributed by atoms with Gasteiger partial charge >= 0.3 is 0 Å². The molecule has 1 atom stereocenters. The minimum Gasteiger partial charge on any atom is -0.450 e. The third kappa shape index (κ3) is 4.21. The Hall–Kier alpha value is -3.89. The molecule has 0 N–H and O–H groups in total. The lowest BCUT2D eigenvalue weighted by Gasteiger charge is -2.22. The second-order valence-corrected chi connectivity index (χ2v) is 10.7. The lowest BCUT2D eigenvalue weighted by atomic mass is 9.98. The van der Waals surface area contributed by atoms with Crippen molar-refractivity contribution in [2.45, 2.75) is 23.1 Å². The summed E-state index contributed by atoms with van der Waals surface area (Å²) >= 11 is 2.69. The minimum absolute atomic E-state index is 0.0205. The van der Waals surface area contributed by atoms with Crippen molar-refractivity contribution in [2.24, 2.45) is 0 Å². The number of anilines is 1. The third-order valence-electron chi connectivity index (χ3n) is 6.10. The highest BCUT2D eigenvalue weighted by Gasteiger charge is 2.45. The molecule has 0 bridgehead atoms. The number of thioether (sulfide) groups is 1. The Balaban J connectivity index is 1.42. The lowest BCUT2D eigenvalue weighted by Crippen LogP contribution is -2.29. The number of nitrogens with zero attached hydrogens (tertiary/aromatic N) is 3. The number of benzene rings is 3. The highest BCUT2D eigenvalue weighted by Crippen LogP contribution is 2.43. The van der Waals surface area contributed by atoms with Gasteiger partial charge in [0.05, 0.1) is 17.0 Å². The first kappa shape index (κ1) is 23.5. The molecule has 3 aromatic carbocycles. The molecule has 2 aromatic heterocycles. The summed E-state index contributed by atoms with van der Waals surface area (Å²) in [7, 11) is 0. The van der Waals surface area contributed by atoms with Crippen LogP contribution in [0, 0.1) is 18.6 Å². The van der Waals surface area contributed by atoms with Gasteiger partial charge in [0, 0.05) is 5.75 Å². The normalized spacial score (nSPS) is 14.9. The predicted octanol–water partition coefficient (Wildman–Crippen LogP) is 6.27. The maximum absolute atomic E-state index is 14.0. The van der Waals surface area contributed by atoms with Gasteiger partial charge in [0.1, 0.15) is 17.2 Å². The van der Waals surface area contributed by atoms with Crippen molar-refractivity contribution in [2.75, 3.05) is 4.90 Å². The molecule has 184 valence electrons. The first-order valence-corrected chi connectivity index (χ1v) is 13.1. The van der Waals surface area contributed by atoms with Gasteiger partial charge in [0.25, 0.3) is 5.91 Å². The van der Waals surface area contributed by atoms with E-state index >= 15 is 0 Å². The fourth-order valence-electron chi connectivity index (χ4n) is 4.29. The van der Waals surface area contributed by atoms with Crippen molar-refractivity contribution < 1.29 is 18.0 Å². The van der Waals surface area contributed by atoms with Gasteiger partial charge in [-0.15, -0.1) is 10.2 Å². The van der Waals surface area contributed by atoms with Gasteiger partial charge in [0.2, 0.25) is 10.9 Å². The van der Waals surface area contributed by atoms with Crippen molar-refractivity contribution in [3.8, 4) is 0 Å². The number of amides is 1. The van der Waals surface area contributed by atoms with Gasteiger partial charge in [-0.3, -0.25) is 14.5 Å². The number of aromatic nitrogens is 2. The van der Waals surface area contributed by atoms with Crippen molar-refractivity contribution in [3.63, 3.8) is 0 Å². The SMILES string of the molecule is Cc1ccc(CSc2nnc(N3C(=O)c4oc5ccc(F)cc5c(=O)c4[C@H]3c3ccc(F)cc3)s2)cc1. The Morgan fingerprint density at radius 1 is 0.973 bits per heavy atom. The van der Waals surface area contributed by atoms with Crippen LogP contribution in [0.5, 0.6) is 0 Å². The van der Waals surface area contributed by atoms with Crippen LogP contribution in [0.15, 0.2) is 80.3 Å². The summed E-state index contributed by atoms with van der Waals surface area (Å²) in [4.78, 5) is 28.5. The van der Waals surface area contributed by atoms with Gasteiger partial charge < -0.3 is 4.42 Å². The average Bonchev–Trinajstić information content (AvgIpc) is 3.47. The fourth-order valence-corrected chi connectivity index (χ4v) is 6.11. The van der Waals surface area contributed by atoms with Crippen LogP contribution in [0.1, 0.15) is 38.9 Å². The Kier molecular flexibility index (Phi) is 5.85. The molecule has 0 aliphatic carbocycles. The molecule has 1 aliphatic heterocycles. The number of carbonyl (C=O) groups excluding carboxylic acids is 1. The number of carbonyl (C=O) groups is 1. The van der Waals surface area contributed by atoms with Gasteiger partial charge in [0.15, 0.2) is 9.77 Å². The van der Waals surface area contributed by atoms with E-state index in [-0.39, 0.29) is 27.4 Å². The molecule has 6 nitrogen and oxygen atoms in total. The number of fused-ring (bicyclic) bond motifs is 2. The molecule has 6 rings (SSSR count). The van der Waals surface area contributed by atoms with Gasteiger partial charge in [-0.1, -0.05) is 65.1 Å². The predicted molar refractivity (Wildman–Crippen MR) is 138 cm³/mol. The maximum atomic E-state index is 14.0. The number of rotatable bonds is 5. The zero-order valence-electron chi connectivity index (χ0n) is 19.3. The molecule has 10 heteroatoms. The van der Waals surface area contributed by atoms with Crippen molar-refractivity contribution in [1.82, 2.24) is 10.2 Å². The first-order chi connectivity index (χ1) is 17.9. The molecule has 1 amide bonds. The van der Waals surface area contributed by atoms with Crippen LogP contribution >= 0.6 is 23.1 Å². The highest BCUT2D eigenvalue weighted by atomic mass is 32.2. The van der Waals surface area contributed by atoms with Crippen LogP contribution in [0.4, 0.5) is 13.9 Å². The highest BCUT2D eigenvalue weighted by molar-refractivity contribution is 8.00. The molecule has 0 saturated carbocycles. The standard InChI is InChI=1S/C27H17F2N3O3S2/c1-14-2-4-15(5-3-14)13-36-27-31-30-26(37-27)32-22(16-6-8-17(28)9-7-16)21-23(33)19-12-18(29)10-11-20(19)35-24(21)25(32)34/h2-12,22H,13H2,1H3/t22-/m1/s1. The second kappa shape index (κ2) is 9.20. The Morgan fingerprint density at radius 3 is 2.46 bits per heavy atom. The summed E-state index contributed by atoms with van der Waals surface area (Å²) in [6, 6.07) is 16.3. The van der Waals surface area contributed by atoms with E-state index in [1.807, 2.05) is 31.2 Å². The van der Waals surface area contributed by atoms with E-state index in [2.05, 4.69) is 10.2 Å². The summed E-state index contributed by atoms with van der Waals surface area (Å²) in [6.07, 6.45) is 0. The van der Waals surface area contributed by atoms with Crippen molar-refractivity contribution >= 4 is 45.1 Å². The first-order valence-electron chi connectivity index (χ1n) is 11.3. The third-order valence-corrected chi connectivity index (χ3v) is 8.23. The average molecular weight is 534 g/mol. The molecule has 5 aromatic rings. The zero-order valence-corrected chi connectivity index (χ0v) is 20.9. The second-order valence-electron chi connectivity index (χ2n) is 8.57. The van der Waals surface area contributed by atoms with E-state index in [0.717, 1.165) is 17.7 Å². The van der Waals surface area contributed by atoms with E-state index in [0.29, 0.717) is 15.7 Å². The smallest absolute Gasteiger partial charge is 0.297 e. The van der Waals surface area contributed by atoms with Crippen molar-refractivity contribution in [1.29, 1.82) is 0 Å². The van der Waals surface area contributed by atoms with Gasteiger partial charge in [-0.05, 0) is 48.4 Å². The van der Waals surface area contributed by atoms with E-state index in [9.17, 15) is 18.4 Å². The summed E-state index contributed by atoms with van der Waals surface area (Å²) in [5.74, 6) is -1.11.